The van der Waals surface area contributed by atoms with E-state index in [1.165, 1.54) is 18.1 Å². The summed E-state index contributed by atoms with van der Waals surface area (Å²) >= 11 is 1.37. The minimum Gasteiger partial charge on any atom is -0.354 e. The third-order valence-electron chi connectivity index (χ3n) is 2.84. The van der Waals surface area contributed by atoms with Gasteiger partial charge in [0.15, 0.2) is 5.16 Å². The largest absolute Gasteiger partial charge is 0.354 e. The first-order valence-corrected chi connectivity index (χ1v) is 7.76. The van der Waals surface area contributed by atoms with Crippen molar-refractivity contribution < 1.29 is 0 Å². The van der Waals surface area contributed by atoms with E-state index in [2.05, 4.69) is 49.1 Å². The van der Waals surface area contributed by atoms with E-state index >= 15 is 0 Å². The molecule has 0 saturated carbocycles. The van der Waals surface area contributed by atoms with E-state index in [-0.39, 0.29) is 0 Å². The summed E-state index contributed by atoms with van der Waals surface area (Å²) < 4.78 is 1.69. The third-order valence-corrected chi connectivity index (χ3v) is 3.75. The maximum atomic E-state index is 4.52. The monoisotopic (exact) mass is 308 g/mol. The molecule has 0 spiro atoms. The van der Waals surface area contributed by atoms with Gasteiger partial charge in [0, 0.05) is 26.7 Å². The molecule has 0 aliphatic carbocycles. The molecule has 0 aromatic carbocycles. The second-order valence-corrected chi connectivity index (χ2v) is 5.15. The maximum absolute atomic E-state index is 4.52. The highest BCUT2D eigenvalue weighted by Gasteiger charge is 2.13. The normalized spacial score (nSPS) is 10.7. The zero-order chi connectivity index (χ0) is 15.2. The van der Waals surface area contributed by atoms with Gasteiger partial charge in [0.1, 0.15) is 6.33 Å². The number of hydrogen-bond donors (Lipinski definition) is 1. The van der Waals surface area contributed by atoms with Gasteiger partial charge >= 0.3 is 0 Å². The molecule has 1 N–H and O–H groups in total. The molecular weight excluding hydrogens is 288 g/mol. The van der Waals surface area contributed by atoms with E-state index in [9.17, 15) is 0 Å². The Morgan fingerprint density at radius 2 is 1.95 bits per heavy atom. The average Bonchev–Trinajstić information content (AvgIpc) is 2.86. The van der Waals surface area contributed by atoms with Crippen LogP contribution in [-0.2, 0) is 7.05 Å². The summed E-state index contributed by atoms with van der Waals surface area (Å²) in [7, 11) is 1.84. The Morgan fingerprint density at radius 1 is 1.19 bits per heavy atom. The van der Waals surface area contributed by atoms with Crippen molar-refractivity contribution in [3.8, 4) is 0 Å². The van der Waals surface area contributed by atoms with Gasteiger partial charge in [-0.2, -0.15) is 20.1 Å². The highest BCUT2D eigenvalue weighted by molar-refractivity contribution is 7.99. The number of anilines is 2. The predicted molar refractivity (Wildman–Crippen MR) is 82.7 cm³/mol. The lowest BCUT2D eigenvalue weighted by molar-refractivity contribution is 0.682. The van der Waals surface area contributed by atoms with Crippen LogP contribution in [0.2, 0.25) is 0 Å². The molecule has 0 unspecified atom stereocenters. The molecule has 0 amide bonds. The molecule has 2 aromatic heterocycles. The van der Waals surface area contributed by atoms with Gasteiger partial charge in [-0.25, -0.2) is 9.67 Å². The van der Waals surface area contributed by atoms with Crippen molar-refractivity contribution in [1.29, 1.82) is 0 Å². The van der Waals surface area contributed by atoms with Crippen LogP contribution in [0, 0.1) is 0 Å². The van der Waals surface area contributed by atoms with Crippen molar-refractivity contribution in [2.45, 2.75) is 31.1 Å². The molecule has 0 radical (unpaired) electrons. The molecule has 0 fully saturated rings. The number of nitrogens with zero attached hydrogens (tertiary/aromatic N) is 7. The summed E-state index contributed by atoms with van der Waals surface area (Å²) in [6.07, 6.45) is 1.51. The van der Waals surface area contributed by atoms with Gasteiger partial charge in [-0.05, 0) is 32.5 Å². The minimum absolute atomic E-state index is 0.582. The highest BCUT2D eigenvalue weighted by atomic mass is 32.2. The number of hydrogen-bond acceptors (Lipinski definition) is 8. The van der Waals surface area contributed by atoms with E-state index in [1.807, 2.05) is 14.0 Å². The first kappa shape index (κ1) is 15.5. The summed E-state index contributed by atoms with van der Waals surface area (Å²) in [6, 6.07) is 0. The molecule has 0 atom stereocenters. The first-order valence-electron chi connectivity index (χ1n) is 6.94. The molecule has 0 saturated heterocycles. The van der Waals surface area contributed by atoms with Crippen LogP contribution < -0.4 is 10.2 Å². The lowest BCUT2D eigenvalue weighted by Crippen LogP contribution is -2.25. The fourth-order valence-corrected chi connectivity index (χ4v) is 2.44. The van der Waals surface area contributed by atoms with Crippen LogP contribution in [-0.4, -0.2) is 49.4 Å². The van der Waals surface area contributed by atoms with Gasteiger partial charge in [0.2, 0.25) is 17.1 Å². The highest BCUT2D eigenvalue weighted by Crippen LogP contribution is 2.24. The maximum Gasteiger partial charge on any atom is 0.231 e. The van der Waals surface area contributed by atoms with Crippen LogP contribution in [0.3, 0.4) is 0 Å². The smallest absolute Gasteiger partial charge is 0.231 e. The third kappa shape index (κ3) is 3.81. The molecule has 0 bridgehead atoms. The summed E-state index contributed by atoms with van der Waals surface area (Å²) in [5.41, 5.74) is 0. The standard InChI is InChI=1S/C12H20N8S/c1-5-13-9-16-10(20(6-2)7-3)18-11(17-9)21-12-14-8-15-19(12)4/h8H,5-7H2,1-4H3,(H,13,16,17,18). The number of rotatable bonds is 7. The Bertz CT molecular complexity index is 580. The first-order chi connectivity index (χ1) is 10.2. The van der Waals surface area contributed by atoms with Crippen LogP contribution >= 0.6 is 11.8 Å². The molecule has 2 aromatic rings. The van der Waals surface area contributed by atoms with Crippen molar-refractivity contribution >= 4 is 23.7 Å². The molecule has 2 heterocycles. The van der Waals surface area contributed by atoms with Crippen molar-refractivity contribution in [2.75, 3.05) is 29.9 Å². The van der Waals surface area contributed by atoms with Crippen LogP contribution in [0.4, 0.5) is 11.9 Å². The van der Waals surface area contributed by atoms with E-state index < -0.39 is 0 Å². The van der Waals surface area contributed by atoms with Crippen LogP contribution in [0.15, 0.2) is 16.6 Å². The molecule has 114 valence electrons. The fraction of sp³-hybridized carbons (Fsp3) is 0.583. The summed E-state index contributed by atoms with van der Waals surface area (Å²) in [6.45, 7) is 8.62. The molecular formula is C12H20N8S. The SMILES string of the molecule is CCNc1nc(Sc2ncnn2C)nc(N(CC)CC)n1. The summed E-state index contributed by atoms with van der Waals surface area (Å²) in [5.74, 6) is 1.26. The fourth-order valence-electron chi connectivity index (χ4n) is 1.74. The Kier molecular flexibility index (Phi) is 5.32. The number of aromatic nitrogens is 6. The van der Waals surface area contributed by atoms with Gasteiger partial charge in [0.05, 0.1) is 0 Å². The van der Waals surface area contributed by atoms with Crippen molar-refractivity contribution in [2.24, 2.45) is 7.05 Å². The van der Waals surface area contributed by atoms with Crippen molar-refractivity contribution in [3.63, 3.8) is 0 Å². The zero-order valence-electron chi connectivity index (χ0n) is 12.7. The average molecular weight is 308 g/mol. The van der Waals surface area contributed by atoms with E-state index in [4.69, 9.17) is 0 Å². The Hall–Kier alpha value is -1.90. The molecule has 0 aliphatic rings. The molecule has 9 heteroatoms. The molecule has 8 nitrogen and oxygen atoms in total. The van der Waals surface area contributed by atoms with Crippen molar-refractivity contribution in [3.05, 3.63) is 6.33 Å². The van der Waals surface area contributed by atoms with Gasteiger partial charge < -0.3 is 10.2 Å². The summed E-state index contributed by atoms with van der Waals surface area (Å²) in [4.78, 5) is 19.7. The van der Waals surface area contributed by atoms with Gasteiger partial charge in [-0.3, -0.25) is 0 Å². The van der Waals surface area contributed by atoms with Crippen LogP contribution in [0.1, 0.15) is 20.8 Å². The van der Waals surface area contributed by atoms with Gasteiger partial charge in [-0.1, -0.05) is 0 Å². The second kappa shape index (κ2) is 7.21. The Balaban J connectivity index is 2.33. The van der Waals surface area contributed by atoms with Gasteiger partial charge in [0.25, 0.3) is 0 Å². The minimum atomic E-state index is 0.582. The Labute approximate surface area is 128 Å². The summed E-state index contributed by atoms with van der Waals surface area (Å²) in [5, 5.41) is 8.54. The van der Waals surface area contributed by atoms with Gasteiger partial charge in [-0.15, -0.1) is 0 Å². The molecule has 21 heavy (non-hydrogen) atoms. The van der Waals surface area contributed by atoms with Crippen LogP contribution in [0.5, 0.6) is 0 Å². The quantitative estimate of drug-likeness (QED) is 0.822. The molecule has 0 aliphatic heterocycles. The van der Waals surface area contributed by atoms with Crippen LogP contribution in [0.25, 0.3) is 0 Å². The van der Waals surface area contributed by atoms with E-state index in [0.29, 0.717) is 17.1 Å². The predicted octanol–water partition coefficient (Wildman–Crippen LogP) is 1.43. The zero-order valence-corrected chi connectivity index (χ0v) is 13.6. The lowest BCUT2D eigenvalue weighted by Gasteiger charge is -2.19. The van der Waals surface area contributed by atoms with Crippen molar-refractivity contribution in [1.82, 2.24) is 29.7 Å². The van der Waals surface area contributed by atoms with E-state index in [1.54, 1.807) is 4.68 Å². The number of nitrogens with one attached hydrogen (secondary N) is 1. The topological polar surface area (TPSA) is 84.7 Å². The Morgan fingerprint density at radius 3 is 2.52 bits per heavy atom. The lowest BCUT2D eigenvalue weighted by atomic mass is 10.5. The molecule has 2 rings (SSSR count). The number of aryl methyl sites for hydroxylation is 1. The van der Waals surface area contributed by atoms with E-state index in [0.717, 1.165) is 24.8 Å². The second-order valence-electron chi connectivity index (χ2n) is 4.21.